The lowest BCUT2D eigenvalue weighted by molar-refractivity contribution is -0.384. The molecule has 17 heteroatoms. The van der Waals surface area contributed by atoms with Gasteiger partial charge in [-0.1, -0.05) is 44.9 Å². The van der Waals surface area contributed by atoms with Crippen molar-refractivity contribution in [3.63, 3.8) is 0 Å². The van der Waals surface area contributed by atoms with Crippen molar-refractivity contribution in [3.05, 3.63) is 99.9 Å². The van der Waals surface area contributed by atoms with Gasteiger partial charge in [-0.2, -0.15) is 0 Å². The number of H-pyrrole nitrogens is 1. The van der Waals surface area contributed by atoms with Crippen LogP contribution in [0.15, 0.2) is 89.1 Å². The Bertz CT molecular complexity index is 2660. The number of carbonyl (C=O) groups excluding carboxylic acids is 1. The second-order valence-corrected chi connectivity index (χ2v) is 19.3. The first kappa shape index (κ1) is 43.0. The van der Waals surface area contributed by atoms with Crippen molar-refractivity contribution in [3.8, 4) is 5.69 Å². The number of fused-ring (bicyclic) bond motifs is 2. The van der Waals surface area contributed by atoms with E-state index in [0.717, 1.165) is 82.1 Å². The van der Waals surface area contributed by atoms with Gasteiger partial charge in [-0.3, -0.25) is 29.6 Å². The number of nitrogens with zero attached hydrogens (tertiary/aromatic N) is 7. The third kappa shape index (κ3) is 9.26. The number of nitrogens with one attached hydrogen (secondary N) is 3. The third-order valence-electron chi connectivity index (χ3n) is 12.4. The fourth-order valence-electron chi connectivity index (χ4n) is 8.91. The molecule has 3 N–H and O–H groups in total. The first-order chi connectivity index (χ1) is 29.7. The van der Waals surface area contributed by atoms with E-state index in [1.807, 2.05) is 31.3 Å². The van der Waals surface area contributed by atoms with Crippen molar-refractivity contribution in [1.29, 1.82) is 0 Å². The first-order valence-corrected chi connectivity index (χ1v) is 22.9. The molecule has 5 aromatic rings. The van der Waals surface area contributed by atoms with Crippen molar-refractivity contribution in [2.75, 3.05) is 76.2 Å². The Hall–Kier alpha value is -5.62. The number of ether oxygens (including phenoxy) is 1. The smallest absolute Gasteiger partial charge is 0.293 e. The van der Waals surface area contributed by atoms with E-state index in [9.17, 15) is 23.3 Å². The Morgan fingerprint density at radius 3 is 2.66 bits per heavy atom. The summed E-state index contributed by atoms with van der Waals surface area (Å²) in [5.41, 5.74) is 7.44. The monoisotopic (exact) mass is 864 g/mol. The highest BCUT2D eigenvalue weighted by atomic mass is 32.2. The van der Waals surface area contributed by atoms with Crippen molar-refractivity contribution in [1.82, 2.24) is 34.3 Å². The summed E-state index contributed by atoms with van der Waals surface area (Å²) in [4.78, 5) is 41.2. The zero-order valence-electron chi connectivity index (χ0n) is 35.9. The van der Waals surface area contributed by atoms with Crippen LogP contribution in [0.5, 0.6) is 0 Å². The minimum absolute atomic E-state index is 0.0719. The minimum atomic E-state index is -4.57. The van der Waals surface area contributed by atoms with Gasteiger partial charge < -0.3 is 19.9 Å². The summed E-state index contributed by atoms with van der Waals surface area (Å²) in [6.45, 7) is 17.8. The molecule has 8 rings (SSSR count). The van der Waals surface area contributed by atoms with E-state index in [1.165, 1.54) is 35.3 Å². The molecule has 16 nitrogen and oxygen atoms in total. The summed E-state index contributed by atoms with van der Waals surface area (Å²) < 4.78 is 37.3. The Morgan fingerprint density at radius 1 is 1.10 bits per heavy atom. The fourth-order valence-corrected chi connectivity index (χ4v) is 9.89. The normalized spacial score (nSPS) is 19.0. The largest absolute Gasteiger partial charge is 0.377 e. The lowest BCUT2D eigenvalue weighted by Gasteiger charge is -2.39. The van der Waals surface area contributed by atoms with Gasteiger partial charge in [0.05, 0.1) is 39.3 Å². The predicted octanol–water partition coefficient (Wildman–Crippen LogP) is 6.66. The number of aromatic nitrogens is 4. The van der Waals surface area contributed by atoms with E-state index in [0.29, 0.717) is 42.1 Å². The van der Waals surface area contributed by atoms with Crippen LogP contribution >= 0.6 is 0 Å². The zero-order chi connectivity index (χ0) is 43.8. The highest BCUT2D eigenvalue weighted by molar-refractivity contribution is 7.90. The average Bonchev–Trinajstić information content (AvgIpc) is 3.89. The van der Waals surface area contributed by atoms with Crippen molar-refractivity contribution >= 4 is 55.1 Å². The Balaban J connectivity index is 1.05. The van der Waals surface area contributed by atoms with Crippen molar-refractivity contribution in [2.45, 2.75) is 63.9 Å². The van der Waals surface area contributed by atoms with Gasteiger partial charge >= 0.3 is 0 Å². The molecule has 0 saturated carbocycles. The summed E-state index contributed by atoms with van der Waals surface area (Å²) >= 11 is 0. The number of anilines is 2. The lowest BCUT2D eigenvalue weighted by atomic mass is 9.72. The van der Waals surface area contributed by atoms with Crippen LogP contribution in [0.25, 0.3) is 27.8 Å². The first-order valence-electron chi connectivity index (χ1n) is 21.4. The van der Waals surface area contributed by atoms with Crippen molar-refractivity contribution < 1.29 is 22.9 Å². The van der Waals surface area contributed by atoms with Gasteiger partial charge in [0.15, 0.2) is 5.65 Å². The van der Waals surface area contributed by atoms with Gasteiger partial charge in [0.25, 0.3) is 21.6 Å². The number of nitro benzene ring substituents is 1. The minimum Gasteiger partial charge on any atom is -0.377 e. The van der Waals surface area contributed by atoms with Crippen LogP contribution in [0.4, 0.5) is 17.1 Å². The second kappa shape index (κ2) is 17.6. The van der Waals surface area contributed by atoms with Gasteiger partial charge in [-0.05, 0) is 86.2 Å². The van der Waals surface area contributed by atoms with Gasteiger partial charge in [-0.15, -0.1) is 0 Å². The van der Waals surface area contributed by atoms with Gasteiger partial charge in [0.1, 0.15) is 11.2 Å². The van der Waals surface area contributed by atoms with Gasteiger partial charge in [0.2, 0.25) is 0 Å². The number of aromatic amines is 1. The molecule has 1 atom stereocenters. The quantitative estimate of drug-likeness (QED) is 0.0799. The molecule has 328 valence electrons. The highest BCUT2D eigenvalue weighted by Crippen LogP contribution is 2.42. The van der Waals surface area contributed by atoms with Gasteiger partial charge in [-0.25, -0.2) is 23.1 Å². The van der Waals surface area contributed by atoms with Crippen LogP contribution in [0, 0.1) is 15.5 Å². The van der Waals surface area contributed by atoms with Crippen molar-refractivity contribution in [2.24, 2.45) is 5.41 Å². The second-order valence-electron chi connectivity index (χ2n) is 17.6. The molecule has 2 aromatic carbocycles. The number of carbonyl (C=O) groups is 1. The Morgan fingerprint density at radius 2 is 1.90 bits per heavy atom. The number of hydrogen-bond donors (Lipinski definition) is 3. The molecule has 2 saturated heterocycles. The predicted molar refractivity (Wildman–Crippen MR) is 242 cm³/mol. The fraction of sp³-hybridized carbons (Fsp3) is 0.444. The molecule has 2 fully saturated rings. The number of pyridine rings is 1. The number of sulfonamides is 1. The van der Waals surface area contributed by atoms with Crippen LogP contribution in [0.1, 0.15) is 63.2 Å². The van der Waals surface area contributed by atoms with Crippen LogP contribution in [-0.2, 0) is 14.8 Å². The summed E-state index contributed by atoms with van der Waals surface area (Å²) in [5, 5.41) is 19.2. The molecule has 3 aromatic heterocycles. The number of benzene rings is 2. The van der Waals surface area contributed by atoms with E-state index in [4.69, 9.17) is 4.74 Å². The van der Waals surface area contributed by atoms with E-state index in [2.05, 4.69) is 67.2 Å². The number of allylic oxidation sites excluding steroid dienone is 2. The molecular weight excluding hydrogens is 809 g/mol. The average molecular weight is 865 g/mol. The lowest BCUT2D eigenvalue weighted by Crippen LogP contribution is -2.47. The number of hydrogen-bond acceptors (Lipinski definition) is 12. The molecular formula is C45H56N10O6S. The SMILES string of the molecule is C=C(CCC)C1=C(CN2CCN(c3ccc(C(=O)NS(=O)(=O)c4ccc(NCC5CN(C)CCO5)c([N+](=O)[O-])c4)c(-n4[nH]cc5nc6nccc6cc54)c3)CC2)CCC(C)(C)C1. The summed E-state index contributed by atoms with van der Waals surface area (Å²) in [7, 11) is -2.60. The standard InChI is InChI=1S/C45H56N10O6S/c1-6-7-30(2)37-25-45(3,4)14-12-32(37)28-52-16-18-53(19-17-52)33-8-10-36(40(23-33)54-41-22-31-13-15-46-43(31)49-39(41)27-48-54)44(56)50-62(59,60)35-9-11-38(42(24-35)55(57)58)47-26-34-29-51(5)20-21-61-34/h8-11,13,15,22-24,27,34,47-48H,2,6-7,12,14,16-21,25-26,28-29H2,1,3-5H3,(H,50,56). The molecule has 0 bridgehead atoms. The van der Waals surface area contributed by atoms with Crippen LogP contribution in [0.2, 0.25) is 0 Å². The summed E-state index contributed by atoms with van der Waals surface area (Å²) in [6, 6.07) is 12.7. The molecule has 0 spiro atoms. The number of amides is 1. The number of morpholine rings is 1. The highest BCUT2D eigenvalue weighted by Gasteiger charge is 2.31. The molecule has 5 heterocycles. The maximum Gasteiger partial charge on any atom is 0.293 e. The zero-order valence-corrected chi connectivity index (χ0v) is 36.8. The van der Waals surface area contributed by atoms with Gasteiger partial charge in [0, 0.05) is 81.9 Å². The van der Waals surface area contributed by atoms with E-state index < -0.39 is 31.4 Å². The summed E-state index contributed by atoms with van der Waals surface area (Å²) in [6.07, 6.45) is 8.63. The molecule has 1 unspecified atom stereocenters. The molecule has 0 radical (unpaired) electrons. The summed E-state index contributed by atoms with van der Waals surface area (Å²) in [5.74, 6) is -0.900. The van der Waals surface area contributed by atoms with E-state index in [-0.39, 0.29) is 22.8 Å². The van der Waals surface area contributed by atoms with Crippen LogP contribution in [-0.4, -0.2) is 121 Å². The number of rotatable bonds is 14. The molecule has 2 aliphatic heterocycles. The number of piperazine rings is 1. The Labute approximate surface area is 362 Å². The van der Waals surface area contributed by atoms with Crippen LogP contribution in [0.3, 0.4) is 0 Å². The van der Waals surface area contributed by atoms with Crippen LogP contribution < -0.4 is 14.9 Å². The molecule has 1 aliphatic carbocycles. The topological polar surface area (TPSA) is 184 Å². The number of likely N-dealkylation sites (N-methyl/N-ethyl adjacent to an activating group) is 1. The molecule has 62 heavy (non-hydrogen) atoms. The Kier molecular flexibility index (Phi) is 12.2. The third-order valence-corrected chi connectivity index (χ3v) is 13.7. The number of nitro groups is 1. The molecule has 3 aliphatic rings. The van der Waals surface area contributed by atoms with E-state index in [1.54, 1.807) is 23.1 Å². The maximum atomic E-state index is 14.2. The van der Waals surface area contributed by atoms with E-state index >= 15 is 0 Å². The molecule has 1 amide bonds. The maximum absolute atomic E-state index is 14.2.